The smallest absolute Gasteiger partial charge is 0.165 e. The maximum Gasteiger partial charge on any atom is 0.165 e. The molecule has 1 aromatic heterocycles. The lowest BCUT2D eigenvalue weighted by molar-refractivity contribution is 0.222. The minimum absolute atomic E-state index is 0.168. The Morgan fingerprint density at radius 2 is 2.24 bits per heavy atom. The predicted octanol–water partition coefficient (Wildman–Crippen LogP) is 2.68. The van der Waals surface area contributed by atoms with Gasteiger partial charge < -0.3 is 9.84 Å². The third kappa shape index (κ3) is 2.30. The lowest BCUT2D eigenvalue weighted by Gasteiger charge is -2.11. The summed E-state index contributed by atoms with van der Waals surface area (Å²) in [5.74, 6) is -0.312. The first-order chi connectivity index (χ1) is 8.13. The number of halogens is 1. The van der Waals surface area contributed by atoms with E-state index in [1.54, 1.807) is 11.6 Å². The number of aliphatic hydroxyl groups excluding tert-OH is 1. The summed E-state index contributed by atoms with van der Waals surface area (Å²) in [5, 5.41) is 10.1. The fourth-order valence-corrected chi connectivity index (χ4v) is 2.39. The molecule has 0 aliphatic carbocycles. The highest BCUT2D eigenvalue weighted by Gasteiger charge is 2.16. The topological polar surface area (TPSA) is 42.4 Å². The van der Waals surface area contributed by atoms with Gasteiger partial charge in [0, 0.05) is 0 Å². The van der Waals surface area contributed by atoms with E-state index in [4.69, 9.17) is 4.74 Å². The third-order valence-electron chi connectivity index (χ3n) is 2.52. The van der Waals surface area contributed by atoms with E-state index in [2.05, 4.69) is 4.98 Å². The van der Waals surface area contributed by atoms with Crippen molar-refractivity contribution >= 4 is 11.3 Å². The van der Waals surface area contributed by atoms with Gasteiger partial charge in [0.15, 0.2) is 11.6 Å². The second-order valence-corrected chi connectivity index (χ2v) is 4.48. The molecule has 0 radical (unpaired) electrons. The number of thiazole rings is 1. The number of aliphatic hydroxyl groups is 1. The summed E-state index contributed by atoms with van der Waals surface area (Å²) in [6.45, 7) is 1.81. The Bertz CT molecular complexity index is 527. The van der Waals surface area contributed by atoms with Crippen LogP contribution in [-0.2, 0) is 0 Å². The zero-order valence-electron chi connectivity index (χ0n) is 9.48. The van der Waals surface area contributed by atoms with Gasteiger partial charge in [0.2, 0.25) is 0 Å². The SMILES string of the molecule is COc1ccc(C(O)c2scnc2C)cc1F. The second kappa shape index (κ2) is 4.81. The molecular formula is C12H12FNO2S. The minimum Gasteiger partial charge on any atom is -0.494 e. The lowest BCUT2D eigenvalue weighted by Crippen LogP contribution is -2.00. The molecule has 1 heterocycles. The van der Waals surface area contributed by atoms with Crippen molar-refractivity contribution in [2.45, 2.75) is 13.0 Å². The zero-order valence-corrected chi connectivity index (χ0v) is 10.3. The number of nitrogens with zero attached hydrogens (tertiary/aromatic N) is 1. The van der Waals surface area contributed by atoms with Gasteiger partial charge in [-0.2, -0.15) is 0 Å². The van der Waals surface area contributed by atoms with Crippen molar-refractivity contribution in [1.82, 2.24) is 4.98 Å². The van der Waals surface area contributed by atoms with Crippen molar-refractivity contribution in [3.05, 3.63) is 45.7 Å². The van der Waals surface area contributed by atoms with E-state index in [1.807, 2.05) is 6.92 Å². The molecule has 5 heteroatoms. The monoisotopic (exact) mass is 253 g/mol. The Kier molecular flexibility index (Phi) is 3.40. The molecule has 0 amide bonds. The van der Waals surface area contributed by atoms with Gasteiger partial charge in [0.1, 0.15) is 6.10 Å². The van der Waals surface area contributed by atoms with E-state index >= 15 is 0 Å². The summed E-state index contributed by atoms with van der Waals surface area (Å²) in [4.78, 5) is 4.79. The Morgan fingerprint density at radius 3 is 2.76 bits per heavy atom. The molecule has 2 aromatic rings. The molecule has 1 unspecified atom stereocenters. The summed E-state index contributed by atoms with van der Waals surface area (Å²) >= 11 is 1.35. The van der Waals surface area contributed by atoms with Crippen LogP contribution >= 0.6 is 11.3 Å². The van der Waals surface area contributed by atoms with E-state index in [0.717, 1.165) is 10.6 Å². The highest BCUT2D eigenvalue weighted by molar-refractivity contribution is 7.09. The van der Waals surface area contributed by atoms with Gasteiger partial charge in [-0.05, 0) is 24.6 Å². The fraction of sp³-hybridized carbons (Fsp3) is 0.250. The van der Waals surface area contributed by atoms with Crippen LogP contribution < -0.4 is 4.74 Å². The zero-order chi connectivity index (χ0) is 12.4. The minimum atomic E-state index is -0.845. The average Bonchev–Trinajstić information content (AvgIpc) is 2.74. The number of aryl methyl sites for hydroxylation is 1. The van der Waals surface area contributed by atoms with Crippen LogP contribution in [0, 0.1) is 12.7 Å². The van der Waals surface area contributed by atoms with Crippen molar-refractivity contribution in [3.8, 4) is 5.75 Å². The summed E-state index contributed by atoms with van der Waals surface area (Å²) in [7, 11) is 1.40. The van der Waals surface area contributed by atoms with E-state index in [9.17, 15) is 9.50 Å². The molecule has 2 rings (SSSR count). The van der Waals surface area contributed by atoms with Crippen LogP contribution in [0.4, 0.5) is 4.39 Å². The number of hydrogen-bond donors (Lipinski definition) is 1. The Labute approximate surface area is 103 Å². The molecule has 1 atom stereocenters. The van der Waals surface area contributed by atoms with E-state index in [0.29, 0.717) is 5.56 Å². The molecule has 1 N–H and O–H groups in total. The van der Waals surface area contributed by atoms with Gasteiger partial charge in [-0.3, -0.25) is 0 Å². The largest absolute Gasteiger partial charge is 0.494 e. The van der Waals surface area contributed by atoms with Crippen LogP contribution in [-0.4, -0.2) is 17.2 Å². The van der Waals surface area contributed by atoms with E-state index in [1.165, 1.54) is 30.6 Å². The Morgan fingerprint density at radius 1 is 1.47 bits per heavy atom. The summed E-state index contributed by atoms with van der Waals surface area (Å²) < 4.78 is 18.3. The van der Waals surface area contributed by atoms with Crippen LogP contribution in [0.2, 0.25) is 0 Å². The van der Waals surface area contributed by atoms with Crippen molar-refractivity contribution in [1.29, 1.82) is 0 Å². The molecule has 0 spiro atoms. The average molecular weight is 253 g/mol. The highest BCUT2D eigenvalue weighted by Crippen LogP contribution is 2.29. The van der Waals surface area contributed by atoms with Gasteiger partial charge in [-0.1, -0.05) is 6.07 Å². The Hall–Kier alpha value is -1.46. The number of hydrogen-bond acceptors (Lipinski definition) is 4. The maximum absolute atomic E-state index is 13.5. The van der Waals surface area contributed by atoms with Crippen molar-refractivity contribution in [2.75, 3.05) is 7.11 Å². The van der Waals surface area contributed by atoms with Gasteiger partial charge in [-0.25, -0.2) is 9.37 Å². The second-order valence-electron chi connectivity index (χ2n) is 3.60. The van der Waals surface area contributed by atoms with Crippen molar-refractivity contribution in [2.24, 2.45) is 0 Å². The van der Waals surface area contributed by atoms with Crippen LogP contribution in [0.5, 0.6) is 5.75 Å². The lowest BCUT2D eigenvalue weighted by atomic mass is 10.1. The number of benzene rings is 1. The van der Waals surface area contributed by atoms with Gasteiger partial charge >= 0.3 is 0 Å². The van der Waals surface area contributed by atoms with Gasteiger partial charge in [0.05, 0.1) is 23.2 Å². The van der Waals surface area contributed by atoms with Gasteiger partial charge in [-0.15, -0.1) is 11.3 Å². The van der Waals surface area contributed by atoms with E-state index in [-0.39, 0.29) is 5.75 Å². The molecule has 0 bridgehead atoms. The molecular weight excluding hydrogens is 241 g/mol. The van der Waals surface area contributed by atoms with E-state index < -0.39 is 11.9 Å². The normalized spacial score (nSPS) is 12.5. The molecule has 17 heavy (non-hydrogen) atoms. The van der Waals surface area contributed by atoms with Crippen molar-refractivity contribution in [3.63, 3.8) is 0 Å². The first-order valence-corrected chi connectivity index (χ1v) is 5.93. The number of methoxy groups -OCH3 is 1. The molecule has 0 aliphatic heterocycles. The Balaban J connectivity index is 2.35. The van der Waals surface area contributed by atoms with Gasteiger partial charge in [0.25, 0.3) is 0 Å². The number of rotatable bonds is 3. The third-order valence-corrected chi connectivity index (χ3v) is 3.51. The van der Waals surface area contributed by atoms with Crippen LogP contribution in [0.3, 0.4) is 0 Å². The molecule has 1 aromatic carbocycles. The molecule has 0 saturated heterocycles. The first-order valence-electron chi connectivity index (χ1n) is 5.05. The summed E-state index contributed by atoms with van der Waals surface area (Å²) in [6, 6.07) is 4.43. The quantitative estimate of drug-likeness (QED) is 0.914. The van der Waals surface area contributed by atoms with Crippen LogP contribution in [0.25, 0.3) is 0 Å². The standard InChI is InChI=1S/C12H12FNO2S/c1-7-12(17-6-14-7)11(15)8-3-4-10(16-2)9(13)5-8/h3-6,11,15H,1-2H3. The molecule has 3 nitrogen and oxygen atoms in total. The highest BCUT2D eigenvalue weighted by atomic mass is 32.1. The number of aromatic nitrogens is 1. The number of ether oxygens (including phenoxy) is 1. The van der Waals surface area contributed by atoms with Crippen molar-refractivity contribution < 1.29 is 14.2 Å². The van der Waals surface area contributed by atoms with Crippen LogP contribution in [0.1, 0.15) is 22.2 Å². The summed E-state index contributed by atoms with van der Waals surface area (Å²) in [6.07, 6.45) is -0.845. The first kappa shape index (κ1) is 12.0. The maximum atomic E-state index is 13.5. The predicted molar refractivity (Wildman–Crippen MR) is 63.9 cm³/mol. The van der Waals surface area contributed by atoms with Crippen LogP contribution in [0.15, 0.2) is 23.7 Å². The molecule has 0 fully saturated rings. The molecule has 90 valence electrons. The molecule has 0 saturated carbocycles. The molecule has 0 aliphatic rings. The fourth-order valence-electron chi connectivity index (χ4n) is 1.58. The summed E-state index contributed by atoms with van der Waals surface area (Å²) in [5.41, 5.74) is 2.92.